The van der Waals surface area contributed by atoms with Gasteiger partial charge >= 0.3 is 11.9 Å². The zero-order valence-corrected chi connectivity index (χ0v) is 7.99. The zero-order valence-electron chi connectivity index (χ0n) is 7.23. The summed E-state index contributed by atoms with van der Waals surface area (Å²) < 4.78 is 0. The van der Waals surface area contributed by atoms with E-state index in [1.165, 1.54) is 0 Å². The van der Waals surface area contributed by atoms with E-state index in [0.29, 0.717) is 0 Å². The number of carbonyl (C=O) groups excluding carboxylic acids is 1. The van der Waals surface area contributed by atoms with Crippen LogP contribution in [-0.4, -0.2) is 27.4 Å². The molecule has 0 unspecified atom stereocenters. The van der Waals surface area contributed by atoms with Gasteiger partial charge in [0, 0.05) is 5.56 Å². The molecule has 2 N–H and O–H groups in total. The second kappa shape index (κ2) is 4.10. The summed E-state index contributed by atoms with van der Waals surface area (Å²) in [5, 5.41) is 16.3. The molecule has 78 valence electrons. The van der Waals surface area contributed by atoms with E-state index in [4.69, 9.17) is 21.8 Å². The Kier molecular flexibility index (Phi) is 3.06. The van der Waals surface area contributed by atoms with Crippen molar-refractivity contribution in [2.24, 2.45) is 0 Å². The molecule has 6 heteroatoms. The van der Waals surface area contributed by atoms with Gasteiger partial charge in [-0.05, 0) is 29.8 Å². The first kappa shape index (κ1) is 11.2. The highest BCUT2D eigenvalue weighted by Crippen LogP contribution is 2.14. The summed E-state index contributed by atoms with van der Waals surface area (Å²) in [6, 6.07) is 3.05. The summed E-state index contributed by atoms with van der Waals surface area (Å²) in [5.41, 5.74) is -0.840. The summed E-state index contributed by atoms with van der Waals surface area (Å²) in [6.45, 7) is 0. The van der Waals surface area contributed by atoms with Gasteiger partial charge in [-0.3, -0.25) is 4.79 Å². The SMILES string of the molecule is O=C(O)c1ccc(C(=O)O)c(C(=O)Cl)c1. The highest BCUT2D eigenvalue weighted by molar-refractivity contribution is 6.68. The normalized spacial score (nSPS) is 9.67. The number of benzene rings is 1. The van der Waals surface area contributed by atoms with Crippen LogP contribution in [0.1, 0.15) is 31.1 Å². The molecule has 1 aromatic rings. The lowest BCUT2D eigenvalue weighted by Gasteiger charge is -2.02. The first-order valence-electron chi connectivity index (χ1n) is 3.74. The quantitative estimate of drug-likeness (QED) is 0.764. The van der Waals surface area contributed by atoms with Gasteiger partial charge in [0.2, 0.25) is 0 Å². The molecule has 0 saturated carbocycles. The molecule has 0 atom stereocenters. The van der Waals surface area contributed by atoms with Gasteiger partial charge in [-0.25, -0.2) is 9.59 Å². The van der Waals surface area contributed by atoms with Crippen LogP contribution in [0.25, 0.3) is 0 Å². The Balaban J connectivity index is 3.40. The van der Waals surface area contributed by atoms with Crippen molar-refractivity contribution in [3.63, 3.8) is 0 Å². The van der Waals surface area contributed by atoms with Gasteiger partial charge in [-0.15, -0.1) is 0 Å². The number of carboxylic acid groups (broad SMARTS) is 2. The number of halogens is 1. The van der Waals surface area contributed by atoms with Gasteiger partial charge in [-0.1, -0.05) is 0 Å². The Hall–Kier alpha value is -1.88. The smallest absolute Gasteiger partial charge is 0.336 e. The number of hydrogen-bond donors (Lipinski definition) is 2. The molecule has 0 aromatic heterocycles. The molecule has 0 radical (unpaired) electrons. The fourth-order valence-electron chi connectivity index (χ4n) is 1.03. The van der Waals surface area contributed by atoms with Gasteiger partial charge in [0.15, 0.2) is 0 Å². The van der Waals surface area contributed by atoms with E-state index in [1.807, 2.05) is 0 Å². The van der Waals surface area contributed by atoms with Crippen LogP contribution >= 0.6 is 11.6 Å². The van der Waals surface area contributed by atoms with E-state index in [0.717, 1.165) is 18.2 Å². The van der Waals surface area contributed by atoms with E-state index in [2.05, 4.69) is 0 Å². The lowest BCUT2D eigenvalue weighted by molar-refractivity contribution is 0.0679. The third-order valence-corrected chi connectivity index (χ3v) is 1.91. The predicted octanol–water partition coefficient (Wildman–Crippen LogP) is 1.46. The highest BCUT2D eigenvalue weighted by Gasteiger charge is 2.17. The summed E-state index contributed by atoms with van der Waals surface area (Å²) in [7, 11) is 0. The molecule has 15 heavy (non-hydrogen) atoms. The fourth-order valence-corrected chi connectivity index (χ4v) is 1.18. The number of rotatable bonds is 3. The minimum atomic E-state index is -1.34. The maximum absolute atomic E-state index is 10.9. The maximum atomic E-state index is 10.9. The van der Waals surface area contributed by atoms with Crippen LogP contribution in [-0.2, 0) is 0 Å². The Morgan fingerprint density at radius 1 is 1.00 bits per heavy atom. The summed E-state index contributed by atoms with van der Waals surface area (Å²) >= 11 is 5.13. The number of carboxylic acids is 2. The molecule has 0 amide bonds. The van der Waals surface area contributed by atoms with Crippen LogP contribution in [0.3, 0.4) is 0 Å². The summed E-state index contributed by atoms with van der Waals surface area (Å²) in [5.74, 6) is -2.60. The van der Waals surface area contributed by atoms with Crippen molar-refractivity contribution in [2.45, 2.75) is 0 Å². The van der Waals surface area contributed by atoms with E-state index in [1.54, 1.807) is 0 Å². The standard InChI is InChI=1S/C9H5ClO5/c10-7(11)6-3-4(8(12)13)1-2-5(6)9(14)15/h1-3H,(H,12,13)(H,14,15). The molecule has 5 nitrogen and oxygen atoms in total. The topological polar surface area (TPSA) is 91.7 Å². The molecule has 0 spiro atoms. The van der Waals surface area contributed by atoms with Gasteiger partial charge in [0.1, 0.15) is 0 Å². The molecule has 1 aromatic carbocycles. The summed E-state index contributed by atoms with van der Waals surface area (Å²) in [6.07, 6.45) is 0. The van der Waals surface area contributed by atoms with Gasteiger partial charge in [0.05, 0.1) is 11.1 Å². The third-order valence-electron chi connectivity index (χ3n) is 1.71. The lowest BCUT2D eigenvalue weighted by atomic mass is 10.0. The molecule has 0 bridgehead atoms. The predicted molar refractivity (Wildman–Crippen MR) is 50.5 cm³/mol. The second-order valence-corrected chi connectivity index (χ2v) is 2.99. The fraction of sp³-hybridized carbons (Fsp3) is 0. The molecule has 0 aliphatic carbocycles. The van der Waals surface area contributed by atoms with E-state index in [-0.39, 0.29) is 16.7 Å². The maximum Gasteiger partial charge on any atom is 0.336 e. The third kappa shape index (κ3) is 2.32. The van der Waals surface area contributed by atoms with Crippen molar-refractivity contribution >= 4 is 28.8 Å². The van der Waals surface area contributed by atoms with Crippen molar-refractivity contribution in [1.82, 2.24) is 0 Å². The second-order valence-electron chi connectivity index (χ2n) is 2.64. The van der Waals surface area contributed by atoms with Crippen molar-refractivity contribution in [3.05, 3.63) is 34.9 Å². The van der Waals surface area contributed by atoms with E-state index in [9.17, 15) is 14.4 Å². The first-order chi connectivity index (χ1) is 6.93. The van der Waals surface area contributed by atoms with E-state index >= 15 is 0 Å². The molecular formula is C9H5ClO5. The largest absolute Gasteiger partial charge is 0.478 e. The average molecular weight is 229 g/mol. The number of carbonyl (C=O) groups is 3. The lowest BCUT2D eigenvalue weighted by Crippen LogP contribution is -2.07. The monoisotopic (exact) mass is 228 g/mol. The molecule has 0 fully saturated rings. The van der Waals surface area contributed by atoms with Crippen molar-refractivity contribution in [2.75, 3.05) is 0 Å². The van der Waals surface area contributed by atoms with Crippen LogP contribution in [0.2, 0.25) is 0 Å². The molecule has 0 aliphatic heterocycles. The van der Waals surface area contributed by atoms with Gasteiger partial charge < -0.3 is 10.2 Å². The highest BCUT2D eigenvalue weighted by atomic mass is 35.5. The molecule has 0 aliphatic rings. The minimum absolute atomic E-state index is 0.191. The zero-order chi connectivity index (χ0) is 11.6. The molecule has 0 heterocycles. The van der Waals surface area contributed by atoms with Crippen molar-refractivity contribution in [1.29, 1.82) is 0 Å². The van der Waals surface area contributed by atoms with Crippen LogP contribution in [0.4, 0.5) is 0 Å². The molecule has 0 saturated heterocycles. The van der Waals surface area contributed by atoms with Crippen LogP contribution in [0.5, 0.6) is 0 Å². The van der Waals surface area contributed by atoms with Gasteiger partial charge in [0.25, 0.3) is 5.24 Å². The van der Waals surface area contributed by atoms with Crippen LogP contribution < -0.4 is 0 Å². The van der Waals surface area contributed by atoms with Crippen molar-refractivity contribution in [3.8, 4) is 0 Å². The van der Waals surface area contributed by atoms with Crippen molar-refractivity contribution < 1.29 is 24.6 Å². The minimum Gasteiger partial charge on any atom is -0.478 e. The van der Waals surface area contributed by atoms with Crippen LogP contribution in [0, 0.1) is 0 Å². The van der Waals surface area contributed by atoms with Crippen LogP contribution in [0.15, 0.2) is 18.2 Å². The molecule has 1 rings (SSSR count). The summed E-state index contributed by atoms with van der Waals surface area (Å²) in [4.78, 5) is 32.1. The Morgan fingerprint density at radius 3 is 2.00 bits per heavy atom. The Bertz CT molecular complexity index is 452. The Morgan fingerprint density at radius 2 is 1.60 bits per heavy atom. The van der Waals surface area contributed by atoms with E-state index < -0.39 is 17.2 Å². The average Bonchev–Trinajstić information content (AvgIpc) is 2.16. The first-order valence-corrected chi connectivity index (χ1v) is 4.11. The van der Waals surface area contributed by atoms with Gasteiger partial charge in [-0.2, -0.15) is 0 Å². The molecular weight excluding hydrogens is 224 g/mol. The Labute approximate surface area is 88.9 Å². The number of aromatic carboxylic acids is 2. The number of hydrogen-bond acceptors (Lipinski definition) is 3.